The summed E-state index contributed by atoms with van der Waals surface area (Å²) < 4.78 is 10.9. The quantitative estimate of drug-likeness (QED) is 0.704. The van der Waals surface area contributed by atoms with Crippen LogP contribution in [-0.4, -0.2) is 19.0 Å². The summed E-state index contributed by atoms with van der Waals surface area (Å²) >= 11 is 0. The Morgan fingerprint density at radius 2 is 2.16 bits per heavy atom. The minimum atomic E-state index is -0.0198. The van der Waals surface area contributed by atoms with Gasteiger partial charge in [-0.25, -0.2) is 0 Å². The second-order valence-corrected chi connectivity index (χ2v) is 4.98. The largest absolute Gasteiger partial charge is 0.464 e. The summed E-state index contributed by atoms with van der Waals surface area (Å²) in [5.74, 6) is 0.479. The molecule has 19 heavy (non-hydrogen) atoms. The van der Waals surface area contributed by atoms with E-state index in [1.54, 1.807) is 0 Å². The number of furan rings is 1. The van der Waals surface area contributed by atoms with Gasteiger partial charge in [0.05, 0.1) is 5.56 Å². The summed E-state index contributed by atoms with van der Waals surface area (Å²) in [5, 5.41) is 0.859. The van der Waals surface area contributed by atoms with Crippen LogP contribution in [0.1, 0.15) is 37.0 Å². The highest BCUT2D eigenvalue weighted by Gasteiger charge is 2.13. The van der Waals surface area contributed by atoms with Gasteiger partial charge in [-0.15, -0.1) is 0 Å². The molecule has 0 spiro atoms. The number of carbonyl (C=O) groups excluding carboxylic acids is 1. The van der Waals surface area contributed by atoms with Crippen LogP contribution in [0.15, 0.2) is 34.9 Å². The number of fused-ring (bicyclic) bond motifs is 1. The number of benzene rings is 1. The van der Waals surface area contributed by atoms with Crippen molar-refractivity contribution in [1.82, 2.24) is 0 Å². The maximum Gasteiger partial charge on any atom is 0.192 e. The van der Waals surface area contributed by atoms with E-state index >= 15 is 0 Å². The molecular formula is C16H20O3. The van der Waals surface area contributed by atoms with Gasteiger partial charge in [-0.1, -0.05) is 38.5 Å². The maximum atomic E-state index is 12.1. The number of hydrogen-bond acceptors (Lipinski definition) is 3. The minimum Gasteiger partial charge on any atom is -0.464 e. The molecule has 1 unspecified atom stereocenters. The first-order valence-electron chi connectivity index (χ1n) is 6.79. The molecule has 0 aliphatic heterocycles. The van der Waals surface area contributed by atoms with Crippen LogP contribution in [0.2, 0.25) is 0 Å². The van der Waals surface area contributed by atoms with Gasteiger partial charge < -0.3 is 9.15 Å². The molecule has 0 bridgehead atoms. The van der Waals surface area contributed by atoms with E-state index in [-0.39, 0.29) is 12.4 Å². The van der Waals surface area contributed by atoms with Gasteiger partial charge in [0, 0.05) is 12.0 Å². The van der Waals surface area contributed by atoms with E-state index in [0.29, 0.717) is 18.1 Å². The molecule has 102 valence electrons. The lowest BCUT2D eigenvalue weighted by molar-refractivity contribution is 0.0684. The molecular weight excluding hydrogens is 240 g/mol. The highest BCUT2D eigenvalue weighted by atomic mass is 16.5. The van der Waals surface area contributed by atoms with Crippen molar-refractivity contribution in [3.8, 4) is 0 Å². The van der Waals surface area contributed by atoms with Crippen LogP contribution in [-0.2, 0) is 4.74 Å². The Kier molecular flexibility index (Phi) is 4.74. The lowest BCUT2D eigenvalue weighted by atomic mass is 10.1. The molecule has 0 aliphatic rings. The first-order chi connectivity index (χ1) is 9.22. The van der Waals surface area contributed by atoms with Gasteiger partial charge >= 0.3 is 0 Å². The van der Waals surface area contributed by atoms with Crippen LogP contribution in [0, 0.1) is 5.92 Å². The zero-order chi connectivity index (χ0) is 13.7. The normalized spacial score (nSPS) is 12.7. The number of hydrogen-bond donors (Lipinski definition) is 0. The van der Waals surface area contributed by atoms with Gasteiger partial charge in [-0.3, -0.25) is 4.79 Å². The van der Waals surface area contributed by atoms with Crippen molar-refractivity contribution in [1.29, 1.82) is 0 Å². The van der Waals surface area contributed by atoms with Gasteiger partial charge in [-0.2, -0.15) is 0 Å². The van der Waals surface area contributed by atoms with Crippen molar-refractivity contribution in [3.63, 3.8) is 0 Å². The monoisotopic (exact) mass is 260 g/mol. The number of rotatable bonds is 7. The fourth-order valence-corrected chi connectivity index (χ4v) is 2.20. The Hall–Kier alpha value is -1.61. The fourth-order valence-electron chi connectivity index (χ4n) is 2.20. The van der Waals surface area contributed by atoms with Gasteiger partial charge in [0.15, 0.2) is 5.78 Å². The predicted molar refractivity (Wildman–Crippen MR) is 75.4 cm³/mol. The smallest absolute Gasteiger partial charge is 0.192 e. The van der Waals surface area contributed by atoms with Crippen LogP contribution in [0.3, 0.4) is 0 Å². The SMILES string of the molecule is CCCC(C)COCC(=O)c1coc2ccccc12. The van der Waals surface area contributed by atoms with Crippen LogP contribution < -0.4 is 0 Å². The van der Waals surface area contributed by atoms with E-state index in [9.17, 15) is 4.79 Å². The lowest BCUT2D eigenvalue weighted by Gasteiger charge is -2.09. The summed E-state index contributed by atoms with van der Waals surface area (Å²) in [5.41, 5.74) is 1.35. The molecule has 1 aromatic heterocycles. The molecule has 3 heteroatoms. The Balaban J connectivity index is 1.93. The number of ketones is 1. The molecule has 2 aromatic rings. The predicted octanol–water partition coefficient (Wildman–Crippen LogP) is 4.07. The molecule has 0 fully saturated rings. The zero-order valence-corrected chi connectivity index (χ0v) is 11.5. The van der Waals surface area contributed by atoms with Crippen LogP contribution >= 0.6 is 0 Å². The molecule has 0 amide bonds. The summed E-state index contributed by atoms with van der Waals surface area (Å²) in [4.78, 5) is 12.1. The average Bonchev–Trinajstić information content (AvgIpc) is 2.82. The van der Waals surface area contributed by atoms with E-state index in [0.717, 1.165) is 23.8 Å². The highest BCUT2D eigenvalue weighted by molar-refractivity contribution is 6.07. The third-order valence-electron chi connectivity index (χ3n) is 3.20. The number of ether oxygens (including phenoxy) is 1. The Morgan fingerprint density at radius 3 is 2.95 bits per heavy atom. The second-order valence-electron chi connectivity index (χ2n) is 4.98. The van der Waals surface area contributed by atoms with Crippen molar-refractivity contribution < 1.29 is 13.9 Å². The summed E-state index contributed by atoms with van der Waals surface area (Å²) in [6.07, 6.45) is 3.79. The Bertz CT molecular complexity index is 542. The minimum absolute atomic E-state index is 0.0198. The number of para-hydroxylation sites is 1. The first kappa shape index (κ1) is 13.8. The molecule has 3 nitrogen and oxygen atoms in total. The molecule has 0 radical (unpaired) electrons. The molecule has 1 atom stereocenters. The Labute approximate surface area is 113 Å². The highest BCUT2D eigenvalue weighted by Crippen LogP contribution is 2.21. The molecule has 0 N–H and O–H groups in total. The van der Waals surface area contributed by atoms with E-state index in [1.807, 2.05) is 24.3 Å². The molecule has 0 saturated heterocycles. The summed E-state index contributed by atoms with van der Waals surface area (Å²) in [6.45, 7) is 5.05. The van der Waals surface area contributed by atoms with E-state index in [2.05, 4.69) is 13.8 Å². The van der Waals surface area contributed by atoms with E-state index in [1.165, 1.54) is 6.26 Å². The average molecular weight is 260 g/mol. The fraction of sp³-hybridized carbons (Fsp3) is 0.438. The lowest BCUT2D eigenvalue weighted by Crippen LogP contribution is -2.13. The van der Waals surface area contributed by atoms with Crippen molar-refractivity contribution >= 4 is 16.8 Å². The second kappa shape index (κ2) is 6.53. The van der Waals surface area contributed by atoms with Crippen LogP contribution in [0.5, 0.6) is 0 Å². The van der Waals surface area contributed by atoms with Crippen molar-refractivity contribution in [2.45, 2.75) is 26.7 Å². The maximum absolute atomic E-state index is 12.1. The van der Waals surface area contributed by atoms with Crippen molar-refractivity contribution in [2.75, 3.05) is 13.2 Å². The van der Waals surface area contributed by atoms with Crippen molar-refractivity contribution in [3.05, 3.63) is 36.1 Å². The van der Waals surface area contributed by atoms with E-state index < -0.39 is 0 Å². The van der Waals surface area contributed by atoms with Gasteiger partial charge in [0.2, 0.25) is 0 Å². The topological polar surface area (TPSA) is 39.4 Å². The van der Waals surface area contributed by atoms with Gasteiger partial charge in [-0.05, 0) is 18.4 Å². The standard InChI is InChI=1S/C16H20O3/c1-3-6-12(2)9-18-11-15(17)14-10-19-16-8-5-4-7-13(14)16/h4-5,7-8,10,12H,3,6,9,11H2,1-2H3. The first-order valence-corrected chi connectivity index (χ1v) is 6.79. The zero-order valence-electron chi connectivity index (χ0n) is 11.5. The molecule has 0 saturated carbocycles. The van der Waals surface area contributed by atoms with E-state index in [4.69, 9.17) is 9.15 Å². The molecule has 1 heterocycles. The van der Waals surface area contributed by atoms with Crippen molar-refractivity contribution in [2.24, 2.45) is 5.92 Å². The molecule has 0 aliphatic carbocycles. The molecule has 1 aromatic carbocycles. The number of carbonyl (C=O) groups is 1. The summed E-state index contributed by atoms with van der Waals surface area (Å²) in [7, 11) is 0. The number of Topliss-reactive ketones (excluding diaryl/α,β-unsaturated/α-hetero) is 1. The molecule has 2 rings (SSSR count). The third-order valence-corrected chi connectivity index (χ3v) is 3.20. The van der Waals surface area contributed by atoms with Gasteiger partial charge in [0.1, 0.15) is 18.5 Å². The Morgan fingerprint density at radius 1 is 1.37 bits per heavy atom. The summed E-state index contributed by atoms with van der Waals surface area (Å²) in [6, 6.07) is 7.55. The van der Waals surface area contributed by atoms with Crippen LogP contribution in [0.4, 0.5) is 0 Å². The third kappa shape index (κ3) is 3.44. The van der Waals surface area contributed by atoms with Crippen LogP contribution in [0.25, 0.3) is 11.0 Å². The van der Waals surface area contributed by atoms with Gasteiger partial charge in [0.25, 0.3) is 0 Å².